The molecule has 19 heavy (non-hydrogen) atoms. The minimum atomic E-state index is -0.0106. The lowest BCUT2D eigenvalue weighted by molar-refractivity contribution is 0.0923. The van der Waals surface area contributed by atoms with Crippen LogP contribution < -0.4 is 10.6 Å². The van der Waals surface area contributed by atoms with Gasteiger partial charge < -0.3 is 10.6 Å². The van der Waals surface area contributed by atoms with E-state index in [4.69, 9.17) is 0 Å². The van der Waals surface area contributed by atoms with E-state index >= 15 is 0 Å². The summed E-state index contributed by atoms with van der Waals surface area (Å²) >= 11 is 0. The van der Waals surface area contributed by atoms with Crippen LogP contribution in [0.1, 0.15) is 49.9 Å². The highest BCUT2D eigenvalue weighted by Gasteiger charge is 2.21. The summed E-state index contributed by atoms with van der Waals surface area (Å²) in [5.41, 5.74) is 1.50. The van der Waals surface area contributed by atoms with Gasteiger partial charge in [-0.25, -0.2) is 0 Å². The van der Waals surface area contributed by atoms with Gasteiger partial charge in [0.15, 0.2) is 0 Å². The second kappa shape index (κ2) is 6.55. The van der Waals surface area contributed by atoms with Gasteiger partial charge in [-0.1, -0.05) is 6.92 Å². The Morgan fingerprint density at radius 1 is 1.37 bits per heavy atom. The molecular formula is C15H23N3O. The molecule has 1 aromatic rings. The number of pyridine rings is 1. The summed E-state index contributed by atoms with van der Waals surface area (Å²) in [6.45, 7) is 5.10. The van der Waals surface area contributed by atoms with Crippen molar-refractivity contribution < 1.29 is 4.79 Å². The van der Waals surface area contributed by atoms with Crippen LogP contribution in [0.2, 0.25) is 0 Å². The summed E-state index contributed by atoms with van der Waals surface area (Å²) < 4.78 is 0. The lowest BCUT2D eigenvalue weighted by Gasteiger charge is -2.27. The first kappa shape index (κ1) is 13.8. The number of amides is 1. The smallest absolute Gasteiger partial charge is 0.255 e. The molecule has 0 unspecified atom stereocenters. The first-order valence-electron chi connectivity index (χ1n) is 7.19. The van der Waals surface area contributed by atoms with Crippen molar-refractivity contribution in [2.24, 2.45) is 5.92 Å². The molecular weight excluding hydrogens is 238 g/mol. The van der Waals surface area contributed by atoms with Gasteiger partial charge in [-0.3, -0.25) is 9.78 Å². The van der Waals surface area contributed by atoms with Crippen molar-refractivity contribution >= 4 is 11.6 Å². The van der Waals surface area contributed by atoms with Crippen LogP contribution in [0.4, 0.5) is 5.69 Å². The van der Waals surface area contributed by atoms with Crippen LogP contribution in [0.5, 0.6) is 0 Å². The highest BCUT2D eigenvalue weighted by atomic mass is 16.1. The van der Waals surface area contributed by atoms with Crippen LogP contribution in [0.25, 0.3) is 0 Å². The summed E-state index contributed by atoms with van der Waals surface area (Å²) in [6.07, 6.45) is 7.93. The average molecular weight is 261 g/mol. The number of rotatable bonds is 4. The van der Waals surface area contributed by atoms with Gasteiger partial charge in [0.1, 0.15) is 0 Å². The van der Waals surface area contributed by atoms with E-state index in [1.807, 2.05) is 13.0 Å². The largest absolute Gasteiger partial charge is 0.385 e. The van der Waals surface area contributed by atoms with Crippen LogP contribution in [0, 0.1) is 5.92 Å². The van der Waals surface area contributed by atoms with Crippen molar-refractivity contribution in [2.45, 2.75) is 45.6 Å². The lowest BCUT2D eigenvalue weighted by atomic mass is 9.87. The van der Waals surface area contributed by atoms with E-state index in [0.717, 1.165) is 31.0 Å². The zero-order chi connectivity index (χ0) is 13.7. The van der Waals surface area contributed by atoms with Crippen LogP contribution in [0.15, 0.2) is 18.5 Å². The summed E-state index contributed by atoms with van der Waals surface area (Å²) in [5, 5.41) is 6.34. The Balaban J connectivity index is 1.99. The Morgan fingerprint density at radius 2 is 2.11 bits per heavy atom. The predicted molar refractivity (Wildman–Crippen MR) is 77.3 cm³/mol. The van der Waals surface area contributed by atoms with Crippen molar-refractivity contribution in [2.75, 3.05) is 11.9 Å². The van der Waals surface area contributed by atoms with Gasteiger partial charge in [0.2, 0.25) is 0 Å². The van der Waals surface area contributed by atoms with Crippen molar-refractivity contribution in [3.63, 3.8) is 0 Å². The van der Waals surface area contributed by atoms with Gasteiger partial charge in [-0.2, -0.15) is 0 Å². The van der Waals surface area contributed by atoms with Crippen molar-refractivity contribution in [1.82, 2.24) is 10.3 Å². The average Bonchev–Trinajstić information content (AvgIpc) is 2.42. The highest BCUT2D eigenvalue weighted by molar-refractivity contribution is 5.99. The summed E-state index contributed by atoms with van der Waals surface area (Å²) in [6, 6.07) is 2.17. The molecule has 1 saturated carbocycles. The first-order chi connectivity index (χ1) is 9.20. The third kappa shape index (κ3) is 3.69. The summed E-state index contributed by atoms with van der Waals surface area (Å²) in [7, 11) is 0. The SMILES string of the molecule is CCNc1ccncc1C(=O)NC1CCC(C)CC1. The molecule has 0 atom stereocenters. The van der Waals surface area contributed by atoms with Crippen molar-refractivity contribution in [1.29, 1.82) is 0 Å². The minimum absolute atomic E-state index is 0.0106. The Morgan fingerprint density at radius 3 is 2.79 bits per heavy atom. The molecule has 2 N–H and O–H groups in total. The Bertz CT molecular complexity index is 425. The maximum absolute atomic E-state index is 12.3. The molecule has 2 rings (SSSR count). The quantitative estimate of drug-likeness (QED) is 0.876. The zero-order valence-electron chi connectivity index (χ0n) is 11.8. The Hall–Kier alpha value is -1.58. The maximum Gasteiger partial charge on any atom is 0.255 e. The van der Waals surface area contributed by atoms with Gasteiger partial charge in [-0.05, 0) is 44.6 Å². The zero-order valence-corrected chi connectivity index (χ0v) is 11.8. The van der Waals surface area contributed by atoms with Crippen LogP contribution >= 0.6 is 0 Å². The van der Waals surface area contributed by atoms with Gasteiger partial charge in [0.05, 0.1) is 11.3 Å². The third-order valence-electron chi connectivity index (χ3n) is 3.78. The van der Waals surface area contributed by atoms with Crippen LogP contribution in [-0.4, -0.2) is 23.5 Å². The van der Waals surface area contributed by atoms with E-state index in [2.05, 4.69) is 22.5 Å². The minimum Gasteiger partial charge on any atom is -0.385 e. The predicted octanol–water partition coefficient (Wildman–Crippen LogP) is 2.82. The monoisotopic (exact) mass is 261 g/mol. The van der Waals surface area contributed by atoms with Crippen LogP contribution in [-0.2, 0) is 0 Å². The lowest BCUT2D eigenvalue weighted by Crippen LogP contribution is -2.37. The Kier molecular flexibility index (Phi) is 4.77. The molecule has 0 bridgehead atoms. The fourth-order valence-corrected chi connectivity index (χ4v) is 2.59. The maximum atomic E-state index is 12.3. The molecule has 0 spiro atoms. The summed E-state index contributed by atoms with van der Waals surface area (Å²) in [5.74, 6) is 0.785. The molecule has 1 aliphatic rings. The second-order valence-electron chi connectivity index (χ2n) is 5.38. The van der Waals surface area contributed by atoms with Gasteiger partial charge >= 0.3 is 0 Å². The highest BCUT2D eigenvalue weighted by Crippen LogP contribution is 2.24. The molecule has 1 fully saturated rings. The molecule has 1 aliphatic carbocycles. The molecule has 104 valence electrons. The fourth-order valence-electron chi connectivity index (χ4n) is 2.59. The molecule has 1 heterocycles. The Labute approximate surface area is 115 Å². The number of carbonyl (C=O) groups is 1. The van der Waals surface area contributed by atoms with E-state index in [1.165, 1.54) is 12.8 Å². The molecule has 0 saturated heterocycles. The van der Waals surface area contributed by atoms with E-state index in [-0.39, 0.29) is 5.91 Å². The first-order valence-corrected chi connectivity index (χ1v) is 7.19. The number of hydrogen-bond acceptors (Lipinski definition) is 3. The van der Waals surface area contributed by atoms with E-state index < -0.39 is 0 Å². The topological polar surface area (TPSA) is 54.0 Å². The third-order valence-corrected chi connectivity index (χ3v) is 3.78. The van der Waals surface area contributed by atoms with E-state index in [1.54, 1.807) is 12.4 Å². The van der Waals surface area contributed by atoms with Crippen molar-refractivity contribution in [3.05, 3.63) is 24.0 Å². The number of hydrogen-bond donors (Lipinski definition) is 2. The van der Waals surface area contributed by atoms with Crippen LogP contribution in [0.3, 0.4) is 0 Å². The fraction of sp³-hybridized carbons (Fsp3) is 0.600. The van der Waals surface area contributed by atoms with Crippen molar-refractivity contribution in [3.8, 4) is 0 Å². The van der Waals surface area contributed by atoms with E-state index in [9.17, 15) is 4.79 Å². The molecule has 0 aliphatic heterocycles. The van der Waals surface area contributed by atoms with Gasteiger partial charge in [-0.15, -0.1) is 0 Å². The number of anilines is 1. The molecule has 1 amide bonds. The number of aromatic nitrogens is 1. The van der Waals surface area contributed by atoms with Gasteiger partial charge in [0, 0.05) is 25.0 Å². The van der Waals surface area contributed by atoms with Gasteiger partial charge in [0.25, 0.3) is 5.91 Å². The number of carbonyl (C=O) groups excluding carboxylic acids is 1. The molecule has 0 radical (unpaired) electrons. The summed E-state index contributed by atoms with van der Waals surface area (Å²) in [4.78, 5) is 16.4. The van der Waals surface area contributed by atoms with E-state index in [0.29, 0.717) is 11.6 Å². The molecule has 4 heteroatoms. The molecule has 1 aromatic heterocycles. The normalized spacial score (nSPS) is 22.8. The second-order valence-corrected chi connectivity index (χ2v) is 5.38. The number of nitrogens with one attached hydrogen (secondary N) is 2. The molecule has 0 aromatic carbocycles. The standard InChI is InChI=1S/C15H23N3O/c1-3-17-14-8-9-16-10-13(14)15(19)18-12-6-4-11(2)5-7-12/h8-12H,3-7H2,1-2H3,(H,16,17)(H,18,19). The molecule has 4 nitrogen and oxygen atoms in total. The number of nitrogens with zero attached hydrogens (tertiary/aromatic N) is 1.